The van der Waals surface area contributed by atoms with Crippen molar-refractivity contribution >= 4 is 23.9 Å². The van der Waals surface area contributed by atoms with Crippen molar-refractivity contribution < 1.29 is 38.5 Å². The van der Waals surface area contributed by atoms with Crippen LogP contribution in [0.25, 0.3) is 0 Å². The Balaban J connectivity index is 0. The van der Waals surface area contributed by atoms with Crippen molar-refractivity contribution in [1.82, 2.24) is 0 Å². The number of hydrogen-bond acceptors (Lipinski definition) is 7. The van der Waals surface area contributed by atoms with Gasteiger partial charge in [0.1, 0.15) is 13.2 Å². The molecule has 0 radical (unpaired) electrons. The van der Waals surface area contributed by atoms with Crippen molar-refractivity contribution in [1.29, 1.82) is 0 Å². The summed E-state index contributed by atoms with van der Waals surface area (Å²) < 4.78 is 13.8. The van der Waals surface area contributed by atoms with Crippen LogP contribution in [0.3, 0.4) is 0 Å². The molecule has 0 aromatic heterocycles. The van der Waals surface area contributed by atoms with Gasteiger partial charge in [0, 0.05) is 31.4 Å². The Kier molecular flexibility index (Phi) is 13.8. The maximum absolute atomic E-state index is 10.7. The van der Waals surface area contributed by atoms with Crippen LogP contribution < -0.4 is 0 Å². The molecule has 0 amide bonds. The molecule has 0 aliphatic carbocycles. The first-order valence-electron chi connectivity index (χ1n) is 7.07. The Labute approximate surface area is 141 Å². The smallest absolute Gasteiger partial charge is 0.333 e. The Morgan fingerprint density at radius 3 is 1.75 bits per heavy atom. The Morgan fingerprint density at radius 1 is 0.875 bits per heavy atom. The minimum absolute atomic E-state index is 0.0747. The maximum atomic E-state index is 10.7. The molecule has 0 atom stereocenters. The molecule has 1 N–H and O–H groups in total. The summed E-state index contributed by atoms with van der Waals surface area (Å²) in [7, 11) is 0. The van der Waals surface area contributed by atoms with Gasteiger partial charge in [-0.2, -0.15) is 0 Å². The third kappa shape index (κ3) is 17.4. The van der Waals surface area contributed by atoms with Crippen LogP contribution in [0, 0.1) is 0 Å². The number of esters is 3. The second kappa shape index (κ2) is 14.0. The van der Waals surface area contributed by atoms with E-state index in [1.54, 1.807) is 6.92 Å². The molecule has 136 valence electrons. The van der Waals surface area contributed by atoms with Gasteiger partial charge in [-0.1, -0.05) is 12.7 Å². The van der Waals surface area contributed by atoms with Crippen molar-refractivity contribution in [3.8, 4) is 0 Å². The number of carboxylic acids is 1. The van der Waals surface area contributed by atoms with Crippen LogP contribution in [0.4, 0.5) is 0 Å². The number of carbonyl (C=O) groups excluding carboxylic acids is 3. The number of carbonyl (C=O) groups is 4. The van der Waals surface area contributed by atoms with E-state index >= 15 is 0 Å². The summed E-state index contributed by atoms with van der Waals surface area (Å²) in [6.45, 7) is 9.44. The zero-order chi connectivity index (χ0) is 19.1. The molecule has 0 aromatic carbocycles. The van der Waals surface area contributed by atoms with Gasteiger partial charge in [0.25, 0.3) is 0 Å². The molecule has 8 heteroatoms. The molecule has 0 saturated carbocycles. The van der Waals surface area contributed by atoms with E-state index in [4.69, 9.17) is 5.11 Å². The lowest BCUT2D eigenvalue weighted by atomic mass is 10.2. The lowest BCUT2D eigenvalue weighted by Crippen LogP contribution is -2.12. The van der Waals surface area contributed by atoms with E-state index in [-0.39, 0.29) is 37.3 Å². The zero-order valence-electron chi connectivity index (χ0n) is 14.4. The first-order valence-corrected chi connectivity index (χ1v) is 7.07. The normalized spacial score (nSPS) is 9.92. The Bertz CT molecular complexity index is 490. The van der Waals surface area contributed by atoms with E-state index < -0.39 is 11.9 Å². The topological polar surface area (TPSA) is 116 Å². The summed E-state index contributed by atoms with van der Waals surface area (Å²) in [4.78, 5) is 41.5. The summed E-state index contributed by atoms with van der Waals surface area (Å²) in [5, 5.41) is 8.41. The van der Waals surface area contributed by atoms with Gasteiger partial charge in [-0.05, 0) is 13.8 Å². The number of ether oxygens (including phenoxy) is 3. The molecular formula is C16H24O8. The van der Waals surface area contributed by atoms with Crippen molar-refractivity contribution in [2.24, 2.45) is 0 Å². The molecule has 0 aliphatic heterocycles. The van der Waals surface area contributed by atoms with Gasteiger partial charge in [-0.25, -0.2) is 9.59 Å². The van der Waals surface area contributed by atoms with Crippen LogP contribution >= 0.6 is 0 Å². The van der Waals surface area contributed by atoms with Gasteiger partial charge in [0.15, 0.2) is 0 Å². The minimum Gasteiger partial charge on any atom is -0.478 e. The summed E-state index contributed by atoms with van der Waals surface area (Å²) in [6, 6.07) is 0. The molecule has 0 heterocycles. The fraction of sp³-hybridized carbons (Fsp3) is 0.500. The van der Waals surface area contributed by atoms with E-state index in [0.717, 1.165) is 0 Å². The van der Waals surface area contributed by atoms with Crippen LogP contribution in [-0.2, 0) is 33.4 Å². The molecule has 0 bridgehead atoms. The number of aliphatic carboxylic acids is 1. The highest BCUT2D eigenvalue weighted by Gasteiger charge is 2.02. The molecule has 0 fully saturated rings. The zero-order valence-corrected chi connectivity index (χ0v) is 14.4. The number of rotatable bonds is 8. The highest BCUT2D eigenvalue weighted by Crippen LogP contribution is 1.95. The third-order valence-corrected chi connectivity index (χ3v) is 2.18. The van der Waals surface area contributed by atoms with E-state index in [1.165, 1.54) is 26.8 Å². The average molecular weight is 344 g/mol. The molecule has 8 nitrogen and oxygen atoms in total. The van der Waals surface area contributed by atoms with Crippen molar-refractivity contribution in [3.05, 3.63) is 23.8 Å². The third-order valence-electron chi connectivity index (χ3n) is 2.18. The molecule has 0 saturated heterocycles. The summed E-state index contributed by atoms with van der Waals surface area (Å²) >= 11 is 0. The van der Waals surface area contributed by atoms with E-state index in [9.17, 15) is 19.2 Å². The second-order valence-electron chi connectivity index (χ2n) is 4.58. The summed E-state index contributed by atoms with van der Waals surface area (Å²) in [6.07, 6.45) is 1.96. The maximum Gasteiger partial charge on any atom is 0.333 e. The molecular weight excluding hydrogens is 320 g/mol. The van der Waals surface area contributed by atoms with E-state index in [1.807, 2.05) is 0 Å². The van der Waals surface area contributed by atoms with Crippen molar-refractivity contribution in [3.63, 3.8) is 0 Å². The molecule has 0 aliphatic rings. The molecule has 0 rings (SSSR count). The molecule has 0 unspecified atom stereocenters. The van der Waals surface area contributed by atoms with Crippen LogP contribution in [0.5, 0.6) is 0 Å². The van der Waals surface area contributed by atoms with Gasteiger partial charge in [-0.15, -0.1) is 0 Å². The van der Waals surface area contributed by atoms with Gasteiger partial charge >= 0.3 is 23.9 Å². The standard InChI is InChI=1S/2C8H12O4/c1-6(2)8(10)12-5-4-11-7(3)9;1-6(8(10)11)4-3-5-12-7(2)9/h1,4-5H2,2-3H3;4H,3,5H2,1-2H3,(H,10,11). The van der Waals surface area contributed by atoms with Crippen molar-refractivity contribution in [2.75, 3.05) is 19.8 Å². The monoisotopic (exact) mass is 344 g/mol. The Morgan fingerprint density at radius 2 is 1.33 bits per heavy atom. The summed E-state index contributed by atoms with van der Waals surface area (Å²) in [5.41, 5.74) is 0.597. The number of carboxylic acid groups (broad SMARTS) is 1. The summed E-state index contributed by atoms with van der Waals surface area (Å²) in [5.74, 6) is -2.15. The highest BCUT2D eigenvalue weighted by atomic mass is 16.6. The largest absolute Gasteiger partial charge is 0.478 e. The predicted octanol–water partition coefficient (Wildman–Crippen LogP) is 1.64. The average Bonchev–Trinajstić information content (AvgIpc) is 2.47. The molecule has 0 spiro atoms. The van der Waals surface area contributed by atoms with Gasteiger partial charge in [-0.3, -0.25) is 9.59 Å². The Hall–Kier alpha value is -2.64. The molecule has 24 heavy (non-hydrogen) atoms. The second-order valence-corrected chi connectivity index (χ2v) is 4.58. The van der Waals surface area contributed by atoms with Gasteiger partial charge in [0.05, 0.1) is 6.61 Å². The first kappa shape index (κ1) is 23.6. The lowest BCUT2D eigenvalue weighted by molar-refractivity contribution is -0.148. The van der Waals surface area contributed by atoms with E-state index in [0.29, 0.717) is 12.0 Å². The SMILES string of the molecule is C=C(C)C(=O)OCCOC(C)=O.CC(=O)OCCC=C(C)C(=O)O. The fourth-order valence-corrected chi connectivity index (χ4v) is 1.01. The minimum atomic E-state index is -0.946. The highest BCUT2D eigenvalue weighted by molar-refractivity contribution is 5.87. The van der Waals surface area contributed by atoms with Gasteiger partial charge < -0.3 is 19.3 Å². The number of hydrogen-bond donors (Lipinski definition) is 1. The quantitative estimate of drug-likeness (QED) is 0.306. The van der Waals surface area contributed by atoms with Gasteiger partial charge in [0.2, 0.25) is 0 Å². The fourth-order valence-electron chi connectivity index (χ4n) is 1.01. The molecule has 0 aromatic rings. The van der Waals surface area contributed by atoms with Crippen LogP contribution in [0.1, 0.15) is 34.1 Å². The lowest BCUT2D eigenvalue weighted by Gasteiger charge is -2.03. The van der Waals surface area contributed by atoms with Crippen molar-refractivity contribution in [2.45, 2.75) is 34.1 Å². The van der Waals surface area contributed by atoms with Crippen LogP contribution in [0.2, 0.25) is 0 Å². The van der Waals surface area contributed by atoms with E-state index in [2.05, 4.69) is 20.8 Å². The van der Waals surface area contributed by atoms with Crippen LogP contribution in [0.15, 0.2) is 23.8 Å². The first-order chi connectivity index (χ1) is 11.1. The predicted molar refractivity (Wildman–Crippen MR) is 85.0 cm³/mol. The van der Waals surface area contributed by atoms with Crippen LogP contribution in [-0.4, -0.2) is 48.8 Å².